The zero-order valence-corrected chi connectivity index (χ0v) is 8.22. The van der Waals surface area contributed by atoms with Gasteiger partial charge in [-0.05, 0) is 17.7 Å². The van der Waals surface area contributed by atoms with Gasteiger partial charge < -0.3 is 0 Å². The van der Waals surface area contributed by atoms with E-state index >= 15 is 0 Å². The molecule has 1 heterocycles. The van der Waals surface area contributed by atoms with Crippen LogP contribution in [0.25, 0.3) is 17.0 Å². The minimum atomic E-state index is 0.445. The van der Waals surface area contributed by atoms with Gasteiger partial charge in [0.2, 0.25) is 0 Å². The van der Waals surface area contributed by atoms with Crippen LogP contribution in [-0.4, -0.2) is 4.98 Å². The third kappa shape index (κ3) is 2.21. The maximum Gasteiger partial charge on any atom is 0.0707 e. The summed E-state index contributed by atoms with van der Waals surface area (Å²) < 4.78 is 0. The summed E-state index contributed by atoms with van der Waals surface area (Å²) in [7, 11) is 0. The molecule has 2 heteroatoms. The van der Waals surface area contributed by atoms with Gasteiger partial charge in [0.1, 0.15) is 0 Å². The number of nitriles is 1. The van der Waals surface area contributed by atoms with Gasteiger partial charge in [0, 0.05) is 11.6 Å². The molecule has 0 saturated carbocycles. The summed E-state index contributed by atoms with van der Waals surface area (Å²) in [6.07, 6.45) is 6.02. The molecular weight excluding hydrogens is 184 g/mol. The number of rotatable bonds is 2. The van der Waals surface area contributed by atoms with Gasteiger partial charge in [0.15, 0.2) is 0 Å². The van der Waals surface area contributed by atoms with Crippen molar-refractivity contribution in [1.82, 2.24) is 4.98 Å². The molecule has 0 aliphatic heterocycles. The quantitative estimate of drug-likeness (QED) is 0.736. The van der Waals surface area contributed by atoms with Crippen LogP contribution in [-0.2, 0) is 0 Å². The summed E-state index contributed by atoms with van der Waals surface area (Å²) in [5.74, 6) is 0. The van der Waals surface area contributed by atoms with Crippen LogP contribution in [0.2, 0.25) is 0 Å². The summed E-state index contributed by atoms with van der Waals surface area (Å²) in [6, 6.07) is 12.1. The number of allylic oxidation sites excluding steroid dienone is 1. The summed E-state index contributed by atoms with van der Waals surface area (Å²) in [6.45, 7) is 0. The standard InChI is InChI=1S/C13H10N2/c14-8-2-1-4-11-6-7-12-5-3-9-15-13(12)10-11/h1,3-7,9-10H,2H2. The highest BCUT2D eigenvalue weighted by Gasteiger charge is 1.93. The van der Waals surface area contributed by atoms with Crippen LogP contribution in [0.1, 0.15) is 12.0 Å². The number of benzene rings is 1. The van der Waals surface area contributed by atoms with E-state index in [9.17, 15) is 0 Å². The van der Waals surface area contributed by atoms with Crippen LogP contribution < -0.4 is 0 Å². The first kappa shape index (κ1) is 9.42. The number of hydrogen-bond donors (Lipinski definition) is 0. The van der Waals surface area contributed by atoms with Crippen molar-refractivity contribution in [3.63, 3.8) is 0 Å². The van der Waals surface area contributed by atoms with E-state index in [1.54, 1.807) is 6.20 Å². The average Bonchev–Trinajstić information content (AvgIpc) is 2.29. The van der Waals surface area contributed by atoms with Crippen LogP contribution in [0.15, 0.2) is 42.6 Å². The molecule has 0 bridgehead atoms. The van der Waals surface area contributed by atoms with E-state index in [1.807, 2.05) is 42.5 Å². The van der Waals surface area contributed by atoms with Crippen molar-refractivity contribution in [2.45, 2.75) is 6.42 Å². The highest BCUT2D eigenvalue weighted by atomic mass is 14.6. The first-order valence-electron chi connectivity index (χ1n) is 4.78. The van der Waals surface area contributed by atoms with Crippen molar-refractivity contribution in [2.75, 3.05) is 0 Å². The molecule has 0 aliphatic carbocycles. The fourth-order valence-corrected chi connectivity index (χ4v) is 1.43. The topological polar surface area (TPSA) is 36.7 Å². The number of fused-ring (bicyclic) bond motifs is 1. The fourth-order valence-electron chi connectivity index (χ4n) is 1.43. The van der Waals surface area contributed by atoms with E-state index in [-0.39, 0.29) is 0 Å². The molecule has 0 atom stereocenters. The smallest absolute Gasteiger partial charge is 0.0707 e. The Balaban J connectivity index is 2.35. The van der Waals surface area contributed by atoms with Gasteiger partial charge in [-0.1, -0.05) is 30.4 Å². The third-order valence-corrected chi connectivity index (χ3v) is 2.15. The maximum absolute atomic E-state index is 8.40. The minimum absolute atomic E-state index is 0.445. The van der Waals surface area contributed by atoms with E-state index in [1.165, 1.54) is 0 Å². The lowest BCUT2D eigenvalue weighted by Crippen LogP contribution is -1.78. The van der Waals surface area contributed by atoms with Crippen molar-refractivity contribution < 1.29 is 0 Å². The Morgan fingerprint density at radius 1 is 1.33 bits per heavy atom. The van der Waals surface area contributed by atoms with E-state index in [2.05, 4.69) is 11.1 Å². The predicted octanol–water partition coefficient (Wildman–Crippen LogP) is 3.16. The molecule has 0 amide bonds. The number of aromatic nitrogens is 1. The average molecular weight is 194 g/mol. The highest BCUT2D eigenvalue weighted by Crippen LogP contribution is 2.14. The monoisotopic (exact) mass is 194 g/mol. The predicted molar refractivity (Wildman–Crippen MR) is 61.0 cm³/mol. The minimum Gasteiger partial charge on any atom is -0.256 e. The van der Waals surface area contributed by atoms with Crippen LogP contribution in [0.3, 0.4) is 0 Å². The molecular formula is C13H10N2. The number of hydrogen-bond acceptors (Lipinski definition) is 2. The largest absolute Gasteiger partial charge is 0.256 e. The summed E-state index contributed by atoms with van der Waals surface area (Å²) in [5.41, 5.74) is 2.06. The first-order chi connectivity index (χ1) is 7.40. The molecule has 2 aromatic rings. The van der Waals surface area contributed by atoms with Gasteiger partial charge in [0.05, 0.1) is 18.0 Å². The Morgan fingerprint density at radius 2 is 2.27 bits per heavy atom. The molecule has 0 saturated heterocycles. The van der Waals surface area contributed by atoms with Gasteiger partial charge in [-0.3, -0.25) is 4.98 Å². The zero-order chi connectivity index (χ0) is 10.5. The summed E-state index contributed by atoms with van der Waals surface area (Å²) in [4.78, 5) is 4.27. The molecule has 2 nitrogen and oxygen atoms in total. The first-order valence-corrected chi connectivity index (χ1v) is 4.78. The van der Waals surface area contributed by atoms with E-state index in [4.69, 9.17) is 5.26 Å². The molecule has 15 heavy (non-hydrogen) atoms. The molecule has 2 rings (SSSR count). The molecule has 1 aromatic heterocycles. The van der Waals surface area contributed by atoms with Gasteiger partial charge in [-0.25, -0.2) is 0 Å². The van der Waals surface area contributed by atoms with E-state index in [0.717, 1.165) is 16.5 Å². The summed E-state index contributed by atoms with van der Waals surface area (Å²) >= 11 is 0. The third-order valence-electron chi connectivity index (χ3n) is 2.15. The Bertz CT molecular complexity index is 535. The lowest BCUT2D eigenvalue weighted by Gasteiger charge is -1.97. The Labute approximate surface area is 88.5 Å². The molecule has 1 aromatic carbocycles. The Hall–Kier alpha value is -2.14. The SMILES string of the molecule is N#CCC=Cc1ccc2cccnc2c1. The van der Waals surface area contributed by atoms with Crippen molar-refractivity contribution >= 4 is 17.0 Å². The molecule has 0 radical (unpaired) electrons. The molecule has 0 aliphatic rings. The van der Waals surface area contributed by atoms with E-state index < -0.39 is 0 Å². The van der Waals surface area contributed by atoms with Gasteiger partial charge in [-0.15, -0.1) is 0 Å². The van der Waals surface area contributed by atoms with Crippen molar-refractivity contribution in [3.05, 3.63) is 48.2 Å². The van der Waals surface area contributed by atoms with Crippen LogP contribution in [0, 0.1) is 11.3 Å². The molecule has 0 spiro atoms. The normalized spacial score (nSPS) is 10.6. The lowest BCUT2D eigenvalue weighted by atomic mass is 10.1. The number of pyridine rings is 1. The van der Waals surface area contributed by atoms with Gasteiger partial charge in [0.25, 0.3) is 0 Å². The van der Waals surface area contributed by atoms with E-state index in [0.29, 0.717) is 6.42 Å². The Morgan fingerprint density at radius 3 is 3.13 bits per heavy atom. The molecule has 0 unspecified atom stereocenters. The number of nitrogens with zero attached hydrogens (tertiary/aromatic N) is 2. The van der Waals surface area contributed by atoms with Crippen molar-refractivity contribution in [1.29, 1.82) is 5.26 Å². The van der Waals surface area contributed by atoms with Gasteiger partial charge in [-0.2, -0.15) is 5.26 Å². The molecule has 0 N–H and O–H groups in total. The highest BCUT2D eigenvalue weighted by molar-refractivity contribution is 5.80. The molecule has 72 valence electrons. The maximum atomic E-state index is 8.40. The van der Waals surface area contributed by atoms with Crippen LogP contribution in [0.4, 0.5) is 0 Å². The van der Waals surface area contributed by atoms with Crippen LogP contribution >= 0.6 is 0 Å². The second-order valence-corrected chi connectivity index (χ2v) is 3.22. The van der Waals surface area contributed by atoms with Crippen molar-refractivity contribution in [2.24, 2.45) is 0 Å². The van der Waals surface area contributed by atoms with Crippen molar-refractivity contribution in [3.8, 4) is 6.07 Å². The fraction of sp³-hybridized carbons (Fsp3) is 0.0769. The Kier molecular flexibility index (Phi) is 2.75. The second kappa shape index (κ2) is 4.39. The molecule has 0 fully saturated rings. The van der Waals surface area contributed by atoms with Gasteiger partial charge >= 0.3 is 0 Å². The lowest BCUT2D eigenvalue weighted by molar-refractivity contribution is 1.36. The zero-order valence-electron chi connectivity index (χ0n) is 8.22. The second-order valence-electron chi connectivity index (χ2n) is 3.22. The van der Waals surface area contributed by atoms with Crippen LogP contribution in [0.5, 0.6) is 0 Å². The summed E-state index contributed by atoms with van der Waals surface area (Å²) in [5, 5.41) is 9.54.